The molecule has 1 aliphatic rings. The normalized spacial score (nSPS) is 16.7. The Bertz CT molecular complexity index is 1030. The van der Waals surface area contributed by atoms with E-state index in [0.29, 0.717) is 12.5 Å². The number of anilines is 2. The molecule has 32 heavy (non-hydrogen) atoms. The topological polar surface area (TPSA) is 70.5 Å². The first-order valence-corrected chi connectivity index (χ1v) is 11.4. The standard InChI is InChI=1S/C26H32N4O2/c1-3-32-25-10-9-20(14-22(25)18-31)16-30-12-6-7-21(17-30)24-15-23(13-19(2)28-24)29-26-8-4-5-11-27-26/h4-5,8-11,13-15,21,31H,3,6-7,12,16-18H2,1-2H3,(H,27,28,29). The van der Waals surface area contributed by atoms with E-state index in [1.807, 2.05) is 38.1 Å². The lowest BCUT2D eigenvalue weighted by Crippen LogP contribution is -2.34. The summed E-state index contributed by atoms with van der Waals surface area (Å²) in [5.41, 5.74) is 5.23. The molecule has 0 spiro atoms. The van der Waals surface area contributed by atoms with E-state index < -0.39 is 0 Å². The van der Waals surface area contributed by atoms with Crippen LogP contribution in [0.15, 0.2) is 54.7 Å². The lowest BCUT2D eigenvalue weighted by atomic mass is 9.93. The van der Waals surface area contributed by atoms with Gasteiger partial charge in [0.1, 0.15) is 11.6 Å². The summed E-state index contributed by atoms with van der Waals surface area (Å²) in [7, 11) is 0. The first-order valence-electron chi connectivity index (χ1n) is 11.4. The van der Waals surface area contributed by atoms with E-state index in [-0.39, 0.29) is 6.61 Å². The predicted octanol–water partition coefficient (Wildman–Crippen LogP) is 4.80. The molecule has 1 fully saturated rings. The van der Waals surface area contributed by atoms with Crippen molar-refractivity contribution in [1.29, 1.82) is 0 Å². The Kier molecular flexibility index (Phi) is 7.35. The Hall–Kier alpha value is -2.96. The van der Waals surface area contributed by atoms with Crippen molar-refractivity contribution in [2.45, 2.75) is 45.8 Å². The number of ether oxygens (including phenoxy) is 1. The van der Waals surface area contributed by atoms with Crippen molar-refractivity contribution in [1.82, 2.24) is 14.9 Å². The molecule has 0 radical (unpaired) electrons. The molecular formula is C26H32N4O2. The monoisotopic (exact) mass is 432 g/mol. The van der Waals surface area contributed by atoms with E-state index in [4.69, 9.17) is 9.72 Å². The smallest absolute Gasteiger partial charge is 0.130 e. The van der Waals surface area contributed by atoms with Gasteiger partial charge in [0.05, 0.1) is 13.2 Å². The molecule has 3 heterocycles. The highest BCUT2D eigenvalue weighted by molar-refractivity contribution is 5.57. The Balaban J connectivity index is 1.46. The molecule has 1 aromatic carbocycles. The van der Waals surface area contributed by atoms with Crippen LogP contribution in [0.25, 0.3) is 0 Å². The van der Waals surface area contributed by atoms with Gasteiger partial charge in [0.15, 0.2) is 0 Å². The molecular weight excluding hydrogens is 400 g/mol. The first-order chi connectivity index (χ1) is 15.6. The number of aryl methyl sites for hydroxylation is 1. The summed E-state index contributed by atoms with van der Waals surface area (Å²) in [6.07, 6.45) is 4.08. The Labute approximate surface area is 190 Å². The molecule has 168 valence electrons. The van der Waals surface area contributed by atoms with Crippen molar-refractivity contribution in [3.8, 4) is 5.75 Å². The van der Waals surface area contributed by atoms with Gasteiger partial charge in [-0.1, -0.05) is 12.1 Å². The van der Waals surface area contributed by atoms with Crippen LogP contribution in [-0.2, 0) is 13.2 Å². The number of nitrogens with zero attached hydrogens (tertiary/aromatic N) is 3. The van der Waals surface area contributed by atoms with Crippen molar-refractivity contribution in [2.24, 2.45) is 0 Å². The Morgan fingerprint density at radius 2 is 2.09 bits per heavy atom. The molecule has 1 atom stereocenters. The lowest BCUT2D eigenvalue weighted by molar-refractivity contribution is 0.198. The minimum atomic E-state index is -0.00887. The summed E-state index contributed by atoms with van der Waals surface area (Å²) in [4.78, 5) is 11.7. The zero-order valence-electron chi connectivity index (χ0n) is 18.9. The number of aliphatic hydroxyl groups excluding tert-OH is 1. The van der Waals surface area contributed by atoms with Crippen molar-refractivity contribution < 1.29 is 9.84 Å². The van der Waals surface area contributed by atoms with E-state index in [1.54, 1.807) is 6.20 Å². The van der Waals surface area contributed by atoms with Gasteiger partial charge < -0.3 is 15.2 Å². The van der Waals surface area contributed by atoms with Crippen molar-refractivity contribution in [2.75, 3.05) is 25.0 Å². The van der Waals surface area contributed by atoms with Gasteiger partial charge >= 0.3 is 0 Å². The number of rotatable bonds is 8. The SMILES string of the molecule is CCOc1ccc(CN2CCCC(c3cc(Nc4ccccn4)cc(C)n3)C2)cc1CO. The minimum Gasteiger partial charge on any atom is -0.494 e. The minimum absolute atomic E-state index is 0.00887. The van der Waals surface area contributed by atoms with Crippen LogP contribution in [0.2, 0.25) is 0 Å². The van der Waals surface area contributed by atoms with Gasteiger partial charge in [0.2, 0.25) is 0 Å². The highest BCUT2D eigenvalue weighted by atomic mass is 16.5. The van der Waals surface area contributed by atoms with Crippen molar-refractivity contribution in [3.05, 3.63) is 77.2 Å². The zero-order chi connectivity index (χ0) is 22.3. The maximum Gasteiger partial charge on any atom is 0.130 e. The molecule has 3 aromatic rings. The summed E-state index contributed by atoms with van der Waals surface area (Å²) in [6, 6.07) is 16.2. The summed E-state index contributed by atoms with van der Waals surface area (Å²) >= 11 is 0. The van der Waals surface area contributed by atoms with Gasteiger partial charge in [-0.2, -0.15) is 0 Å². The number of piperidine rings is 1. The summed E-state index contributed by atoms with van der Waals surface area (Å²) < 4.78 is 5.62. The molecule has 1 unspecified atom stereocenters. The number of nitrogens with one attached hydrogen (secondary N) is 1. The van der Waals surface area contributed by atoms with Crippen LogP contribution in [0.3, 0.4) is 0 Å². The maximum absolute atomic E-state index is 9.71. The number of benzene rings is 1. The van der Waals surface area contributed by atoms with Crippen LogP contribution in [0, 0.1) is 6.92 Å². The molecule has 1 saturated heterocycles. The molecule has 4 rings (SSSR count). The highest BCUT2D eigenvalue weighted by Gasteiger charge is 2.23. The second-order valence-electron chi connectivity index (χ2n) is 8.37. The molecule has 0 bridgehead atoms. The van der Waals surface area contributed by atoms with Crippen molar-refractivity contribution in [3.63, 3.8) is 0 Å². The van der Waals surface area contributed by atoms with E-state index in [1.165, 1.54) is 5.56 Å². The second-order valence-corrected chi connectivity index (χ2v) is 8.37. The summed E-state index contributed by atoms with van der Waals surface area (Å²) in [6.45, 7) is 7.50. The van der Waals surface area contributed by atoms with Gasteiger partial charge in [-0.25, -0.2) is 4.98 Å². The van der Waals surface area contributed by atoms with E-state index >= 15 is 0 Å². The van der Waals surface area contributed by atoms with Crippen LogP contribution in [0.5, 0.6) is 5.75 Å². The lowest BCUT2D eigenvalue weighted by Gasteiger charge is -2.33. The summed E-state index contributed by atoms with van der Waals surface area (Å²) in [5, 5.41) is 13.1. The average molecular weight is 433 g/mol. The fourth-order valence-corrected chi connectivity index (χ4v) is 4.41. The number of likely N-dealkylation sites (tertiary alicyclic amines) is 1. The fourth-order valence-electron chi connectivity index (χ4n) is 4.41. The van der Waals surface area contributed by atoms with Gasteiger partial charge in [0.25, 0.3) is 0 Å². The predicted molar refractivity (Wildman–Crippen MR) is 127 cm³/mol. The van der Waals surface area contributed by atoms with E-state index in [2.05, 4.69) is 39.5 Å². The Morgan fingerprint density at radius 3 is 2.88 bits per heavy atom. The first kappa shape index (κ1) is 22.2. The van der Waals surface area contributed by atoms with Crippen LogP contribution < -0.4 is 10.1 Å². The van der Waals surface area contributed by atoms with Crippen molar-refractivity contribution >= 4 is 11.5 Å². The third-order valence-electron chi connectivity index (χ3n) is 5.84. The molecule has 6 nitrogen and oxygen atoms in total. The van der Waals surface area contributed by atoms with Gasteiger partial charge in [-0.15, -0.1) is 0 Å². The molecule has 0 aliphatic carbocycles. The molecule has 2 N–H and O–H groups in total. The number of hydrogen-bond donors (Lipinski definition) is 2. The van der Waals surface area contributed by atoms with Crippen LogP contribution in [0.4, 0.5) is 11.5 Å². The zero-order valence-corrected chi connectivity index (χ0v) is 18.9. The third kappa shape index (κ3) is 5.64. The van der Waals surface area contributed by atoms with E-state index in [0.717, 1.165) is 66.7 Å². The third-order valence-corrected chi connectivity index (χ3v) is 5.84. The number of pyridine rings is 2. The largest absolute Gasteiger partial charge is 0.494 e. The number of aliphatic hydroxyl groups is 1. The van der Waals surface area contributed by atoms with Crippen LogP contribution >= 0.6 is 0 Å². The molecule has 6 heteroatoms. The van der Waals surface area contributed by atoms with E-state index in [9.17, 15) is 5.11 Å². The quantitative estimate of drug-likeness (QED) is 0.533. The second kappa shape index (κ2) is 10.6. The van der Waals surface area contributed by atoms with Crippen LogP contribution in [0.1, 0.15) is 48.2 Å². The van der Waals surface area contributed by atoms with Crippen LogP contribution in [-0.4, -0.2) is 39.7 Å². The summed E-state index contributed by atoms with van der Waals surface area (Å²) in [5.74, 6) is 2.00. The average Bonchev–Trinajstić information content (AvgIpc) is 2.81. The molecule has 0 saturated carbocycles. The molecule has 1 aliphatic heterocycles. The number of aromatic nitrogens is 2. The van der Waals surface area contributed by atoms with Gasteiger partial charge in [-0.05, 0) is 75.2 Å². The van der Waals surface area contributed by atoms with Gasteiger partial charge in [0, 0.05) is 47.8 Å². The fraction of sp³-hybridized carbons (Fsp3) is 0.385. The maximum atomic E-state index is 9.71. The Morgan fingerprint density at radius 1 is 1.19 bits per heavy atom. The van der Waals surface area contributed by atoms with Gasteiger partial charge in [-0.3, -0.25) is 9.88 Å². The highest BCUT2D eigenvalue weighted by Crippen LogP contribution is 2.30. The molecule has 0 amide bonds. The number of hydrogen-bond acceptors (Lipinski definition) is 6. The molecule has 2 aromatic heterocycles.